The van der Waals surface area contributed by atoms with Crippen molar-refractivity contribution >= 4 is 29.2 Å². The number of hydrogen-bond acceptors (Lipinski definition) is 4. The maximum absolute atomic E-state index is 12.8. The summed E-state index contributed by atoms with van der Waals surface area (Å²) in [5.41, 5.74) is 0.613. The molecule has 3 rings (SSSR count). The number of amides is 1. The highest BCUT2D eigenvalue weighted by Gasteiger charge is 2.30. The smallest absolute Gasteiger partial charge is 0.326 e. The van der Waals surface area contributed by atoms with Crippen LogP contribution in [-0.4, -0.2) is 10.9 Å². The van der Waals surface area contributed by atoms with Gasteiger partial charge in [-0.25, -0.2) is 0 Å². The van der Waals surface area contributed by atoms with Crippen LogP contribution >= 0.6 is 11.9 Å². The lowest BCUT2D eigenvalue weighted by Gasteiger charge is -2.11. The third-order valence-corrected chi connectivity index (χ3v) is 4.32. The molecule has 8 heteroatoms. The average Bonchev–Trinajstić information content (AvgIpc) is 2.67. The van der Waals surface area contributed by atoms with E-state index in [0.717, 1.165) is 29.0 Å². The van der Waals surface area contributed by atoms with E-state index in [-0.39, 0.29) is 5.91 Å². The highest BCUT2D eigenvalue weighted by Crippen LogP contribution is 2.32. The Balaban J connectivity index is 1.65. The molecule has 2 aromatic carbocycles. The summed E-state index contributed by atoms with van der Waals surface area (Å²) in [6.45, 7) is 0. The first-order chi connectivity index (χ1) is 12.9. The lowest BCUT2D eigenvalue weighted by Crippen LogP contribution is -2.11. The number of nitrogens with zero attached hydrogens (tertiary/aromatic N) is 1. The Kier molecular flexibility index (Phi) is 5.66. The van der Waals surface area contributed by atoms with E-state index in [9.17, 15) is 18.0 Å². The fourth-order valence-electron chi connectivity index (χ4n) is 2.21. The monoisotopic (exact) mass is 389 g/mol. The molecular weight excluding hydrogens is 375 g/mol. The summed E-state index contributed by atoms with van der Waals surface area (Å²) >= 11 is 1.15. The fraction of sp³-hybridized carbons (Fsp3) is 0.0526. The number of nitrogens with one attached hydrogen (secondary N) is 2. The molecule has 0 fully saturated rings. The number of aromatic nitrogens is 1. The molecule has 0 bridgehead atoms. The molecule has 0 saturated carbocycles. The van der Waals surface area contributed by atoms with Crippen LogP contribution in [0.25, 0.3) is 0 Å². The third kappa shape index (κ3) is 5.24. The Bertz CT molecular complexity index is 933. The second-order valence-corrected chi connectivity index (χ2v) is 6.39. The van der Waals surface area contributed by atoms with E-state index in [1.807, 2.05) is 0 Å². The van der Waals surface area contributed by atoms with Gasteiger partial charge in [0, 0.05) is 28.7 Å². The minimum absolute atomic E-state index is 0.295. The topological polar surface area (TPSA) is 54.0 Å². The van der Waals surface area contributed by atoms with Crippen LogP contribution in [0.4, 0.5) is 24.5 Å². The van der Waals surface area contributed by atoms with Crippen molar-refractivity contribution in [2.24, 2.45) is 0 Å². The molecule has 0 spiro atoms. The first kappa shape index (κ1) is 18.8. The van der Waals surface area contributed by atoms with Gasteiger partial charge in [0.15, 0.2) is 0 Å². The SMILES string of the molecule is O=C(Nc1cccc(SNc2cccc(C(F)(F)F)c2)c1)c1cccnc1. The molecule has 3 aromatic rings. The molecule has 0 unspecified atom stereocenters. The minimum atomic E-state index is -4.39. The third-order valence-electron chi connectivity index (χ3n) is 3.49. The zero-order chi connectivity index (χ0) is 19.3. The van der Waals surface area contributed by atoms with Crippen LogP contribution in [0.15, 0.2) is 78.0 Å². The van der Waals surface area contributed by atoms with Crippen molar-refractivity contribution in [1.29, 1.82) is 0 Å². The maximum Gasteiger partial charge on any atom is 0.416 e. The number of carbonyl (C=O) groups is 1. The largest absolute Gasteiger partial charge is 0.416 e. The molecule has 1 amide bonds. The van der Waals surface area contributed by atoms with Gasteiger partial charge in [0.05, 0.1) is 11.1 Å². The quantitative estimate of drug-likeness (QED) is 0.568. The number of alkyl halides is 3. The standard InChI is InChI=1S/C19H14F3N3OS/c20-19(21,22)14-5-1-7-16(10-14)25-27-17-8-2-6-15(11-17)24-18(26)13-4-3-9-23-12-13/h1-12,25H,(H,24,26). The van der Waals surface area contributed by atoms with Crippen molar-refractivity contribution in [2.45, 2.75) is 11.1 Å². The average molecular weight is 389 g/mol. The van der Waals surface area contributed by atoms with Gasteiger partial charge < -0.3 is 10.0 Å². The van der Waals surface area contributed by atoms with Gasteiger partial charge in [0.25, 0.3) is 5.91 Å². The second kappa shape index (κ2) is 8.13. The van der Waals surface area contributed by atoms with Crippen LogP contribution in [0.5, 0.6) is 0 Å². The summed E-state index contributed by atoms with van der Waals surface area (Å²) in [5, 5.41) is 2.76. The second-order valence-electron chi connectivity index (χ2n) is 5.51. The van der Waals surface area contributed by atoms with Crippen LogP contribution < -0.4 is 10.0 Å². The van der Waals surface area contributed by atoms with Crippen LogP contribution in [0.1, 0.15) is 15.9 Å². The van der Waals surface area contributed by atoms with Gasteiger partial charge in [0.1, 0.15) is 0 Å². The van der Waals surface area contributed by atoms with Crippen molar-refractivity contribution in [3.63, 3.8) is 0 Å². The van der Waals surface area contributed by atoms with E-state index >= 15 is 0 Å². The number of anilines is 2. The normalized spacial score (nSPS) is 11.1. The van der Waals surface area contributed by atoms with Gasteiger partial charge in [-0.2, -0.15) is 13.2 Å². The van der Waals surface area contributed by atoms with E-state index < -0.39 is 11.7 Å². The van der Waals surface area contributed by atoms with Crippen molar-refractivity contribution in [3.05, 3.63) is 84.2 Å². The Hall–Kier alpha value is -3.00. The van der Waals surface area contributed by atoms with Gasteiger partial charge >= 0.3 is 6.18 Å². The summed E-state index contributed by atoms with van der Waals surface area (Å²) in [6.07, 6.45) is -1.35. The Morgan fingerprint density at radius 1 is 0.963 bits per heavy atom. The Morgan fingerprint density at radius 2 is 1.74 bits per heavy atom. The summed E-state index contributed by atoms with van der Waals surface area (Å²) in [6, 6.07) is 15.2. The van der Waals surface area contributed by atoms with Crippen LogP contribution in [0, 0.1) is 0 Å². The van der Waals surface area contributed by atoms with Gasteiger partial charge in [-0.05, 0) is 60.5 Å². The summed E-state index contributed by atoms with van der Waals surface area (Å²) in [4.78, 5) is 16.8. The molecule has 4 nitrogen and oxygen atoms in total. The molecule has 0 saturated heterocycles. The first-order valence-corrected chi connectivity index (χ1v) is 8.65. The van der Waals surface area contributed by atoms with E-state index in [0.29, 0.717) is 16.9 Å². The molecule has 0 aliphatic heterocycles. The fourth-order valence-corrected chi connectivity index (χ4v) is 2.91. The number of carbonyl (C=O) groups excluding carboxylic acids is 1. The number of rotatable bonds is 5. The van der Waals surface area contributed by atoms with Crippen LogP contribution in [-0.2, 0) is 6.18 Å². The molecule has 0 radical (unpaired) electrons. The number of halogens is 3. The summed E-state index contributed by atoms with van der Waals surface area (Å²) in [7, 11) is 0. The highest BCUT2D eigenvalue weighted by molar-refractivity contribution is 8.00. The van der Waals surface area contributed by atoms with Gasteiger partial charge in [-0.1, -0.05) is 12.1 Å². The molecule has 0 aliphatic carbocycles. The van der Waals surface area contributed by atoms with E-state index in [1.165, 1.54) is 12.3 Å². The van der Waals surface area contributed by atoms with E-state index in [4.69, 9.17) is 0 Å². The summed E-state index contributed by atoms with van der Waals surface area (Å²) < 4.78 is 41.2. The molecule has 0 atom stereocenters. The van der Waals surface area contributed by atoms with Gasteiger partial charge in [0.2, 0.25) is 0 Å². The predicted molar refractivity (Wildman–Crippen MR) is 99.6 cm³/mol. The molecular formula is C19H14F3N3OS. The molecule has 2 N–H and O–H groups in total. The highest BCUT2D eigenvalue weighted by atomic mass is 32.2. The van der Waals surface area contributed by atoms with E-state index in [1.54, 1.807) is 48.7 Å². The molecule has 27 heavy (non-hydrogen) atoms. The molecule has 1 heterocycles. The number of benzene rings is 2. The van der Waals surface area contributed by atoms with Crippen molar-refractivity contribution in [3.8, 4) is 0 Å². The Labute approximate surface area is 158 Å². The number of pyridine rings is 1. The lowest BCUT2D eigenvalue weighted by molar-refractivity contribution is -0.137. The predicted octanol–water partition coefficient (Wildman–Crippen LogP) is 5.47. The maximum atomic E-state index is 12.8. The zero-order valence-corrected chi connectivity index (χ0v) is 14.6. The van der Waals surface area contributed by atoms with Crippen LogP contribution in [0.2, 0.25) is 0 Å². The summed E-state index contributed by atoms with van der Waals surface area (Å²) in [5.74, 6) is -0.295. The van der Waals surface area contributed by atoms with Gasteiger partial charge in [-0.3, -0.25) is 9.78 Å². The van der Waals surface area contributed by atoms with Crippen molar-refractivity contribution in [1.82, 2.24) is 4.98 Å². The Morgan fingerprint density at radius 3 is 2.48 bits per heavy atom. The number of hydrogen-bond donors (Lipinski definition) is 2. The van der Waals surface area contributed by atoms with Gasteiger partial charge in [-0.15, -0.1) is 0 Å². The molecule has 138 valence electrons. The van der Waals surface area contributed by atoms with Crippen molar-refractivity contribution < 1.29 is 18.0 Å². The van der Waals surface area contributed by atoms with Crippen molar-refractivity contribution in [2.75, 3.05) is 10.0 Å². The molecule has 0 aliphatic rings. The first-order valence-electron chi connectivity index (χ1n) is 7.83. The lowest BCUT2D eigenvalue weighted by atomic mass is 10.2. The van der Waals surface area contributed by atoms with E-state index in [2.05, 4.69) is 15.0 Å². The van der Waals surface area contributed by atoms with Crippen LogP contribution in [0.3, 0.4) is 0 Å². The molecule has 1 aromatic heterocycles. The zero-order valence-electron chi connectivity index (χ0n) is 13.8. The minimum Gasteiger partial charge on any atom is -0.326 e.